The van der Waals surface area contributed by atoms with Crippen LogP contribution in [0.5, 0.6) is 0 Å². The molecule has 1 atom stereocenters. The van der Waals surface area contributed by atoms with Gasteiger partial charge in [0, 0.05) is 23.8 Å². The summed E-state index contributed by atoms with van der Waals surface area (Å²) in [5, 5.41) is 5.26. The van der Waals surface area contributed by atoms with E-state index in [9.17, 15) is 9.18 Å². The minimum atomic E-state index is -0.615. The number of benzene rings is 2. The van der Waals surface area contributed by atoms with Gasteiger partial charge in [0.2, 0.25) is 0 Å². The summed E-state index contributed by atoms with van der Waals surface area (Å²) in [4.78, 5) is 19.7. The fraction of sp³-hybridized carbons (Fsp3) is 0.273. The van der Waals surface area contributed by atoms with Crippen LogP contribution in [0.3, 0.4) is 0 Å². The Balaban J connectivity index is 1.89. The number of nitrogens with one attached hydrogen (secondary N) is 1. The highest BCUT2D eigenvalue weighted by Crippen LogP contribution is 2.31. The van der Waals surface area contributed by atoms with Crippen molar-refractivity contribution in [2.75, 3.05) is 23.7 Å². The number of halogens is 1. The molecule has 1 aliphatic heterocycles. The van der Waals surface area contributed by atoms with Crippen LogP contribution in [0.15, 0.2) is 48.7 Å². The molecule has 28 heavy (non-hydrogen) atoms. The van der Waals surface area contributed by atoms with Crippen LogP contribution in [0.2, 0.25) is 0 Å². The highest BCUT2D eigenvalue weighted by atomic mass is 19.1. The lowest BCUT2D eigenvalue weighted by Gasteiger charge is -2.35. The van der Waals surface area contributed by atoms with Crippen LogP contribution in [0.1, 0.15) is 28.8 Å². The molecule has 0 spiro atoms. The number of aryl methyl sites for hydroxylation is 1. The fourth-order valence-corrected chi connectivity index (χ4v) is 3.89. The number of rotatable bonds is 3. The van der Waals surface area contributed by atoms with Gasteiger partial charge >= 0.3 is 0 Å². The summed E-state index contributed by atoms with van der Waals surface area (Å²) < 4.78 is 14.6. The maximum atomic E-state index is 14.6. The second-order valence-electron chi connectivity index (χ2n) is 7.22. The van der Waals surface area contributed by atoms with Gasteiger partial charge in [-0.2, -0.15) is 0 Å². The predicted octanol–water partition coefficient (Wildman–Crippen LogP) is 3.66. The fourth-order valence-electron chi connectivity index (χ4n) is 3.89. The van der Waals surface area contributed by atoms with Gasteiger partial charge in [-0.1, -0.05) is 18.2 Å². The first-order valence-electron chi connectivity index (χ1n) is 9.50. The Morgan fingerprint density at radius 3 is 2.89 bits per heavy atom. The van der Waals surface area contributed by atoms with Crippen molar-refractivity contribution in [1.82, 2.24) is 10.3 Å². The van der Waals surface area contributed by atoms with Gasteiger partial charge in [0.15, 0.2) is 0 Å². The number of aromatic nitrogens is 1. The summed E-state index contributed by atoms with van der Waals surface area (Å²) in [6.45, 7) is 3.56. The van der Waals surface area contributed by atoms with Gasteiger partial charge in [-0.25, -0.2) is 9.37 Å². The molecule has 2 aromatic carbocycles. The number of fused-ring (bicyclic) bond motifs is 1. The normalized spacial score (nSPS) is 16.9. The average Bonchev–Trinajstić information content (AvgIpc) is 2.69. The topological polar surface area (TPSA) is 71.2 Å². The zero-order valence-corrected chi connectivity index (χ0v) is 15.8. The Hall–Kier alpha value is -2.99. The van der Waals surface area contributed by atoms with Crippen molar-refractivity contribution in [3.63, 3.8) is 0 Å². The molecule has 3 aromatic rings. The molecule has 1 amide bonds. The number of amides is 1. The van der Waals surface area contributed by atoms with Crippen LogP contribution in [-0.2, 0) is 0 Å². The smallest absolute Gasteiger partial charge is 0.262 e. The first-order valence-corrected chi connectivity index (χ1v) is 9.50. The minimum Gasteiger partial charge on any atom is -0.399 e. The Kier molecular flexibility index (Phi) is 4.96. The number of pyridine rings is 1. The molecular weight excluding hydrogens is 355 g/mol. The Morgan fingerprint density at radius 2 is 2.14 bits per heavy atom. The van der Waals surface area contributed by atoms with E-state index in [1.165, 1.54) is 12.1 Å². The van der Waals surface area contributed by atoms with Gasteiger partial charge < -0.3 is 11.1 Å². The molecule has 0 saturated carbocycles. The number of carbonyl (C=O) groups excluding carboxylic acids is 1. The Bertz CT molecular complexity index is 1020. The summed E-state index contributed by atoms with van der Waals surface area (Å²) >= 11 is 0. The van der Waals surface area contributed by atoms with Gasteiger partial charge in [0.05, 0.1) is 11.6 Å². The molecule has 6 heteroatoms. The highest BCUT2D eigenvalue weighted by molar-refractivity contribution is 6.11. The molecule has 1 aliphatic rings. The Labute approximate surface area is 163 Å². The lowest BCUT2D eigenvalue weighted by atomic mass is 10.0. The third kappa shape index (κ3) is 3.31. The molecule has 0 bridgehead atoms. The number of hydrogen-bond donors (Lipinski definition) is 2. The lowest BCUT2D eigenvalue weighted by Crippen LogP contribution is -2.49. The van der Waals surface area contributed by atoms with Crippen LogP contribution >= 0.6 is 0 Å². The molecule has 3 N–H and O–H groups in total. The van der Waals surface area contributed by atoms with Gasteiger partial charge in [-0.3, -0.25) is 9.69 Å². The molecule has 0 unspecified atom stereocenters. The van der Waals surface area contributed by atoms with Crippen LogP contribution in [0.4, 0.5) is 15.9 Å². The number of piperidine rings is 1. The first kappa shape index (κ1) is 18.4. The third-order valence-electron chi connectivity index (χ3n) is 5.29. The highest BCUT2D eigenvalue weighted by Gasteiger charge is 2.31. The second-order valence-corrected chi connectivity index (χ2v) is 7.22. The Morgan fingerprint density at radius 1 is 1.29 bits per heavy atom. The van der Waals surface area contributed by atoms with Gasteiger partial charge in [-0.05, 0) is 61.5 Å². The molecular formula is C22H23FN4O. The monoisotopic (exact) mass is 378 g/mol. The van der Waals surface area contributed by atoms with E-state index >= 15 is 0 Å². The third-order valence-corrected chi connectivity index (χ3v) is 5.29. The standard InChI is InChI=1S/C22H23FN4O/c1-14-4-2-5-15-9-11-26-21(20(14)15)27(17-6-3-10-25-13-17)22(28)18-8-7-16(24)12-19(18)23/h2,4-5,7-9,11-12,17,25H,3,6,10,13,24H2,1H3/t17-/m1/s1. The number of nitrogen functional groups attached to an aromatic ring is 1. The van der Waals surface area contributed by atoms with Crippen molar-refractivity contribution in [3.05, 3.63) is 65.6 Å². The zero-order chi connectivity index (χ0) is 19.7. The van der Waals surface area contributed by atoms with Gasteiger partial charge in [-0.15, -0.1) is 0 Å². The van der Waals surface area contributed by atoms with Crippen LogP contribution in [0.25, 0.3) is 10.8 Å². The van der Waals surface area contributed by atoms with E-state index in [2.05, 4.69) is 10.3 Å². The number of carbonyl (C=O) groups is 1. The largest absolute Gasteiger partial charge is 0.399 e. The van der Waals surface area contributed by atoms with Crippen LogP contribution in [0, 0.1) is 12.7 Å². The maximum absolute atomic E-state index is 14.6. The van der Waals surface area contributed by atoms with Crippen molar-refractivity contribution in [3.8, 4) is 0 Å². The molecule has 4 rings (SSSR count). The van der Waals surface area contributed by atoms with Crippen LogP contribution < -0.4 is 16.0 Å². The predicted molar refractivity (Wildman–Crippen MR) is 110 cm³/mol. The van der Waals surface area contributed by atoms with Crippen molar-refractivity contribution < 1.29 is 9.18 Å². The van der Waals surface area contributed by atoms with Gasteiger partial charge in [0.25, 0.3) is 5.91 Å². The van der Waals surface area contributed by atoms with E-state index in [0.29, 0.717) is 18.1 Å². The summed E-state index contributed by atoms with van der Waals surface area (Å²) in [7, 11) is 0. The number of hydrogen-bond acceptors (Lipinski definition) is 4. The van der Waals surface area contributed by atoms with Crippen LogP contribution in [-0.4, -0.2) is 30.0 Å². The summed E-state index contributed by atoms with van der Waals surface area (Å²) in [5.74, 6) is -0.435. The molecule has 1 fully saturated rings. The molecule has 2 heterocycles. The lowest BCUT2D eigenvalue weighted by molar-refractivity contribution is 0.0968. The molecule has 0 aliphatic carbocycles. The van der Waals surface area contributed by atoms with E-state index < -0.39 is 11.7 Å². The van der Waals surface area contributed by atoms with E-state index in [-0.39, 0.29) is 11.6 Å². The first-order chi connectivity index (χ1) is 13.6. The zero-order valence-electron chi connectivity index (χ0n) is 15.8. The van der Waals surface area contributed by atoms with Crippen molar-refractivity contribution in [2.24, 2.45) is 0 Å². The van der Waals surface area contributed by atoms with E-state index in [1.807, 2.05) is 31.2 Å². The molecule has 0 radical (unpaired) electrons. The minimum absolute atomic E-state index is 0.00663. The maximum Gasteiger partial charge on any atom is 0.262 e. The average molecular weight is 378 g/mol. The van der Waals surface area contributed by atoms with Crippen molar-refractivity contribution in [1.29, 1.82) is 0 Å². The van der Waals surface area contributed by atoms with Gasteiger partial charge in [0.1, 0.15) is 11.6 Å². The summed E-state index contributed by atoms with van der Waals surface area (Å²) in [6.07, 6.45) is 3.48. The van der Waals surface area contributed by atoms with Crippen molar-refractivity contribution >= 4 is 28.2 Å². The summed E-state index contributed by atoms with van der Waals surface area (Å²) in [6, 6.07) is 12.0. The number of nitrogens with zero attached hydrogens (tertiary/aromatic N) is 2. The van der Waals surface area contributed by atoms with Crippen molar-refractivity contribution in [2.45, 2.75) is 25.8 Å². The van der Waals surface area contributed by atoms with E-state index in [4.69, 9.17) is 5.73 Å². The van der Waals surface area contributed by atoms with E-state index in [0.717, 1.165) is 35.7 Å². The molecule has 5 nitrogen and oxygen atoms in total. The van der Waals surface area contributed by atoms with E-state index in [1.54, 1.807) is 17.2 Å². The number of nitrogens with two attached hydrogens (primary N) is 1. The summed E-state index contributed by atoms with van der Waals surface area (Å²) in [5.41, 5.74) is 6.99. The second kappa shape index (κ2) is 7.56. The quantitative estimate of drug-likeness (QED) is 0.683. The molecule has 1 aromatic heterocycles. The molecule has 1 saturated heterocycles. The SMILES string of the molecule is Cc1cccc2ccnc(N(C(=O)c3ccc(N)cc3F)[C@@H]3CCCNC3)c12. The number of anilines is 2. The molecule has 144 valence electrons.